The first-order chi connectivity index (χ1) is 8.06. The number of alkyl halides is 1. The van der Waals surface area contributed by atoms with Crippen molar-refractivity contribution in [2.75, 3.05) is 23.6 Å². The van der Waals surface area contributed by atoms with Gasteiger partial charge in [-0.1, -0.05) is 0 Å². The average molecular weight is 257 g/mol. The standard InChI is InChI=1S/C11H13ClN2O3/c1-7(15)13-9-4-3-8(17-2)5-10(9)14-11(16)6-12/h3-5H,6H2,1-2H3,(H,13,15)(H,14,16). The molecule has 0 aliphatic rings. The summed E-state index contributed by atoms with van der Waals surface area (Å²) in [4.78, 5) is 22.2. The van der Waals surface area contributed by atoms with Crippen LogP contribution in [0.4, 0.5) is 11.4 Å². The zero-order valence-corrected chi connectivity index (χ0v) is 10.3. The molecular formula is C11H13ClN2O3. The first-order valence-electron chi connectivity index (χ1n) is 4.88. The summed E-state index contributed by atoms with van der Waals surface area (Å²) in [5, 5.41) is 5.18. The number of rotatable bonds is 4. The molecule has 2 N–H and O–H groups in total. The minimum absolute atomic E-state index is 0.156. The number of methoxy groups -OCH3 is 1. The highest BCUT2D eigenvalue weighted by molar-refractivity contribution is 6.29. The Morgan fingerprint density at radius 2 is 2.00 bits per heavy atom. The van der Waals surface area contributed by atoms with Gasteiger partial charge in [-0.15, -0.1) is 11.6 Å². The van der Waals surface area contributed by atoms with Crippen LogP contribution < -0.4 is 15.4 Å². The Bertz CT molecular complexity index is 435. The molecule has 6 heteroatoms. The van der Waals surface area contributed by atoms with E-state index >= 15 is 0 Å². The lowest BCUT2D eigenvalue weighted by molar-refractivity contribution is -0.115. The van der Waals surface area contributed by atoms with Crippen LogP contribution in [-0.4, -0.2) is 24.8 Å². The molecule has 0 aromatic heterocycles. The summed E-state index contributed by atoms with van der Waals surface area (Å²) in [6.45, 7) is 1.39. The zero-order valence-electron chi connectivity index (χ0n) is 9.54. The molecule has 0 atom stereocenters. The van der Waals surface area contributed by atoms with E-state index in [4.69, 9.17) is 16.3 Å². The van der Waals surface area contributed by atoms with Gasteiger partial charge in [-0.2, -0.15) is 0 Å². The van der Waals surface area contributed by atoms with E-state index in [0.717, 1.165) is 0 Å². The van der Waals surface area contributed by atoms with E-state index in [0.29, 0.717) is 17.1 Å². The number of hydrogen-bond donors (Lipinski definition) is 2. The van der Waals surface area contributed by atoms with E-state index in [1.807, 2.05) is 0 Å². The fourth-order valence-electron chi connectivity index (χ4n) is 1.24. The van der Waals surface area contributed by atoms with Crippen molar-refractivity contribution in [3.05, 3.63) is 18.2 Å². The SMILES string of the molecule is COc1ccc(NC(C)=O)c(NC(=O)CCl)c1. The fourth-order valence-corrected chi connectivity index (χ4v) is 1.30. The Hall–Kier alpha value is -1.75. The van der Waals surface area contributed by atoms with E-state index in [-0.39, 0.29) is 17.7 Å². The maximum Gasteiger partial charge on any atom is 0.239 e. The summed E-state index contributed by atoms with van der Waals surface area (Å²) in [6.07, 6.45) is 0. The summed E-state index contributed by atoms with van der Waals surface area (Å²) < 4.78 is 5.03. The smallest absolute Gasteiger partial charge is 0.239 e. The van der Waals surface area contributed by atoms with Crippen molar-refractivity contribution in [2.24, 2.45) is 0 Å². The molecule has 17 heavy (non-hydrogen) atoms. The molecule has 0 unspecified atom stereocenters. The van der Waals surface area contributed by atoms with Crippen molar-refractivity contribution in [2.45, 2.75) is 6.92 Å². The van der Waals surface area contributed by atoms with Gasteiger partial charge in [-0.05, 0) is 12.1 Å². The molecule has 92 valence electrons. The number of ether oxygens (including phenoxy) is 1. The Kier molecular flexibility index (Phi) is 4.78. The van der Waals surface area contributed by atoms with Crippen LogP contribution in [0.3, 0.4) is 0 Å². The summed E-state index contributed by atoms with van der Waals surface area (Å²) in [5.41, 5.74) is 0.946. The Labute approximate surface area is 104 Å². The van der Waals surface area contributed by atoms with Crippen LogP contribution in [0.1, 0.15) is 6.92 Å². The molecule has 2 amide bonds. The summed E-state index contributed by atoms with van der Waals surface area (Å²) in [6, 6.07) is 4.93. The first kappa shape index (κ1) is 13.3. The summed E-state index contributed by atoms with van der Waals surface area (Å²) >= 11 is 5.40. The zero-order chi connectivity index (χ0) is 12.8. The van der Waals surface area contributed by atoms with Crippen LogP contribution in [0.15, 0.2) is 18.2 Å². The van der Waals surface area contributed by atoms with Gasteiger partial charge in [0.2, 0.25) is 11.8 Å². The molecule has 1 aromatic rings. The van der Waals surface area contributed by atoms with Gasteiger partial charge in [-0.25, -0.2) is 0 Å². The van der Waals surface area contributed by atoms with Gasteiger partial charge in [0, 0.05) is 13.0 Å². The number of halogens is 1. The second kappa shape index (κ2) is 6.10. The molecule has 0 spiro atoms. The lowest BCUT2D eigenvalue weighted by Crippen LogP contribution is -2.15. The predicted octanol–water partition coefficient (Wildman–Crippen LogP) is 1.83. The maximum atomic E-state index is 11.2. The molecule has 0 fully saturated rings. The molecule has 0 radical (unpaired) electrons. The van der Waals surface area contributed by atoms with Crippen molar-refractivity contribution in [3.63, 3.8) is 0 Å². The average Bonchev–Trinajstić information content (AvgIpc) is 2.30. The predicted molar refractivity (Wildman–Crippen MR) is 66.6 cm³/mol. The van der Waals surface area contributed by atoms with Gasteiger partial charge in [0.05, 0.1) is 18.5 Å². The number of anilines is 2. The summed E-state index contributed by atoms with van der Waals surface area (Å²) in [7, 11) is 1.51. The molecule has 0 saturated heterocycles. The number of carbonyl (C=O) groups excluding carboxylic acids is 2. The number of benzene rings is 1. The quantitative estimate of drug-likeness (QED) is 0.808. The van der Waals surface area contributed by atoms with Crippen molar-refractivity contribution in [1.82, 2.24) is 0 Å². The third kappa shape index (κ3) is 3.96. The van der Waals surface area contributed by atoms with Crippen LogP contribution in [0.5, 0.6) is 5.75 Å². The van der Waals surface area contributed by atoms with Crippen molar-refractivity contribution < 1.29 is 14.3 Å². The van der Waals surface area contributed by atoms with E-state index in [2.05, 4.69) is 10.6 Å². The Morgan fingerprint density at radius 3 is 2.53 bits per heavy atom. The monoisotopic (exact) mass is 256 g/mol. The van der Waals surface area contributed by atoms with Crippen LogP contribution in [0.25, 0.3) is 0 Å². The third-order valence-corrected chi connectivity index (χ3v) is 2.18. The van der Waals surface area contributed by atoms with E-state index in [9.17, 15) is 9.59 Å². The Balaban J connectivity index is 3.02. The normalized spacial score (nSPS) is 9.59. The van der Waals surface area contributed by atoms with Crippen LogP contribution in [0, 0.1) is 0 Å². The lowest BCUT2D eigenvalue weighted by atomic mass is 10.2. The van der Waals surface area contributed by atoms with E-state index < -0.39 is 0 Å². The van der Waals surface area contributed by atoms with Gasteiger partial charge in [0.15, 0.2) is 0 Å². The van der Waals surface area contributed by atoms with Crippen LogP contribution >= 0.6 is 11.6 Å². The molecule has 0 aliphatic heterocycles. The second-order valence-corrected chi connectivity index (χ2v) is 3.54. The highest BCUT2D eigenvalue weighted by Crippen LogP contribution is 2.27. The van der Waals surface area contributed by atoms with Gasteiger partial charge < -0.3 is 15.4 Å². The molecular weight excluding hydrogens is 244 g/mol. The number of hydrogen-bond acceptors (Lipinski definition) is 3. The molecule has 5 nitrogen and oxygen atoms in total. The highest BCUT2D eigenvalue weighted by atomic mass is 35.5. The first-order valence-corrected chi connectivity index (χ1v) is 5.41. The number of nitrogens with one attached hydrogen (secondary N) is 2. The molecule has 0 saturated carbocycles. The van der Waals surface area contributed by atoms with Gasteiger partial charge in [-0.3, -0.25) is 9.59 Å². The van der Waals surface area contributed by atoms with Gasteiger partial charge in [0.1, 0.15) is 11.6 Å². The largest absolute Gasteiger partial charge is 0.497 e. The highest BCUT2D eigenvalue weighted by Gasteiger charge is 2.08. The maximum absolute atomic E-state index is 11.2. The number of amides is 2. The second-order valence-electron chi connectivity index (χ2n) is 3.27. The molecule has 1 rings (SSSR count). The topological polar surface area (TPSA) is 67.4 Å². The summed E-state index contributed by atoms with van der Waals surface area (Å²) in [5.74, 6) is -0.163. The van der Waals surface area contributed by atoms with Crippen molar-refractivity contribution in [1.29, 1.82) is 0 Å². The molecule has 0 aliphatic carbocycles. The van der Waals surface area contributed by atoms with Crippen LogP contribution in [0.2, 0.25) is 0 Å². The van der Waals surface area contributed by atoms with Gasteiger partial charge >= 0.3 is 0 Å². The molecule has 1 aromatic carbocycles. The minimum Gasteiger partial charge on any atom is -0.497 e. The Morgan fingerprint density at radius 1 is 1.29 bits per heavy atom. The minimum atomic E-state index is -0.355. The molecule has 0 bridgehead atoms. The van der Waals surface area contributed by atoms with Crippen LogP contribution in [-0.2, 0) is 9.59 Å². The number of carbonyl (C=O) groups is 2. The van der Waals surface area contributed by atoms with Gasteiger partial charge in [0.25, 0.3) is 0 Å². The van der Waals surface area contributed by atoms with E-state index in [1.54, 1.807) is 18.2 Å². The van der Waals surface area contributed by atoms with E-state index in [1.165, 1.54) is 14.0 Å². The third-order valence-electron chi connectivity index (χ3n) is 1.93. The molecule has 0 heterocycles. The fraction of sp³-hybridized carbons (Fsp3) is 0.273. The van der Waals surface area contributed by atoms with Crippen molar-refractivity contribution in [3.8, 4) is 5.75 Å². The lowest BCUT2D eigenvalue weighted by Gasteiger charge is -2.12. The van der Waals surface area contributed by atoms with Crippen molar-refractivity contribution >= 4 is 34.8 Å².